The van der Waals surface area contributed by atoms with E-state index in [9.17, 15) is 13.2 Å². The topological polar surface area (TPSA) is 141 Å². The molecule has 13 heteroatoms. The fraction of sp³-hybridized carbons (Fsp3) is 0.591. The number of aliphatic carboxylic acids is 1. The van der Waals surface area contributed by atoms with Crippen LogP contribution in [0.25, 0.3) is 0 Å². The Morgan fingerprint density at radius 3 is 2.69 bits per heavy atom. The van der Waals surface area contributed by atoms with Crippen molar-refractivity contribution in [2.75, 3.05) is 32.8 Å². The van der Waals surface area contributed by atoms with E-state index in [4.69, 9.17) is 43.1 Å². The number of benzene rings is 1. The Hall–Kier alpha value is -1.94. The largest absolute Gasteiger partial charge is 0.477 e. The second kappa shape index (κ2) is 12.3. The number of nitriles is 1. The minimum atomic E-state index is -3.78. The van der Waals surface area contributed by atoms with Crippen LogP contribution in [0, 0.1) is 11.3 Å². The van der Waals surface area contributed by atoms with Crippen molar-refractivity contribution in [2.45, 2.75) is 55.1 Å². The number of oxime groups is 1. The zero-order valence-electron chi connectivity index (χ0n) is 19.1. The highest BCUT2D eigenvalue weighted by Crippen LogP contribution is 2.37. The Balaban J connectivity index is 0.000000261. The van der Waals surface area contributed by atoms with Crippen LogP contribution < -0.4 is 5.32 Å². The molecular formula is C22H28Cl2N4O6S. The first kappa shape index (κ1) is 27.6. The maximum Gasteiger partial charge on any atom is 0.353 e. The van der Waals surface area contributed by atoms with E-state index in [1.807, 2.05) is 0 Å². The molecule has 0 radical (unpaired) electrons. The molecule has 1 aromatic rings. The van der Waals surface area contributed by atoms with E-state index in [1.54, 1.807) is 0 Å². The molecule has 2 fully saturated rings. The smallest absolute Gasteiger partial charge is 0.353 e. The third-order valence-corrected chi connectivity index (χ3v) is 8.66. The molecule has 3 aliphatic rings. The number of ether oxygens (including phenoxy) is 1. The van der Waals surface area contributed by atoms with Crippen LogP contribution in [0.5, 0.6) is 0 Å². The molecule has 4 rings (SSSR count). The first-order chi connectivity index (χ1) is 16.7. The summed E-state index contributed by atoms with van der Waals surface area (Å²) in [4.78, 5) is 16.2. The van der Waals surface area contributed by atoms with Crippen molar-refractivity contribution in [3.63, 3.8) is 0 Å². The molecule has 10 nitrogen and oxygen atoms in total. The summed E-state index contributed by atoms with van der Waals surface area (Å²) in [6.07, 6.45) is 4.22. The van der Waals surface area contributed by atoms with Gasteiger partial charge < -0.3 is 20.0 Å². The van der Waals surface area contributed by atoms with E-state index in [-0.39, 0.29) is 40.2 Å². The van der Waals surface area contributed by atoms with Gasteiger partial charge in [0.15, 0.2) is 5.71 Å². The van der Waals surface area contributed by atoms with Crippen molar-refractivity contribution in [3.05, 3.63) is 28.2 Å². The minimum Gasteiger partial charge on any atom is -0.477 e. The molecule has 0 saturated carbocycles. The van der Waals surface area contributed by atoms with Gasteiger partial charge in [-0.25, -0.2) is 13.2 Å². The van der Waals surface area contributed by atoms with Crippen molar-refractivity contribution in [1.29, 1.82) is 5.26 Å². The fourth-order valence-electron chi connectivity index (χ4n) is 4.07. The predicted octanol–water partition coefficient (Wildman–Crippen LogP) is 3.05. The Labute approximate surface area is 214 Å². The van der Waals surface area contributed by atoms with Crippen LogP contribution in [0.2, 0.25) is 10.0 Å². The molecule has 3 aliphatic heterocycles. The van der Waals surface area contributed by atoms with Crippen molar-refractivity contribution in [2.24, 2.45) is 5.16 Å². The second-order valence-corrected chi connectivity index (χ2v) is 11.3. The van der Waals surface area contributed by atoms with Gasteiger partial charge in [-0.2, -0.15) is 9.57 Å². The van der Waals surface area contributed by atoms with Crippen LogP contribution in [0.1, 0.15) is 38.5 Å². The van der Waals surface area contributed by atoms with Gasteiger partial charge in [-0.1, -0.05) is 28.4 Å². The molecular weight excluding hydrogens is 519 g/mol. The van der Waals surface area contributed by atoms with Gasteiger partial charge in [0.25, 0.3) is 0 Å². The number of hydrogen-bond acceptors (Lipinski definition) is 8. The van der Waals surface area contributed by atoms with Gasteiger partial charge in [0.1, 0.15) is 10.5 Å². The fourth-order valence-corrected chi connectivity index (χ4v) is 6.24. The maximum absolute atomic E-state index is 12.8. The third kappa shape index (κ3) is 7.29. The zero-order valence-corrected chi connectivity index (χ0v) is 21.4. The molecule has 1 aromatic carbocycles. The van der Waals surface area contributed by atoms with Crippen LogP contribution in [0.3, 0.4) is 0 Å². The molecule has 1 unspecified atom stereocenters. The van der Waals surface area contributed by atoms with Crippen molar-refractivity contribution in [1.82, 2.24) is 9.62 Å². The molecule has 2 saturated heterocycles. The molecule has 2 N–H and O–H groups in total. The second-order valence-electron chi connectivity index (χ2n) is 8.52. The summed E-state index contributed by atoms with van der Waals surface area (Å²) in [6, 6.07) is 6.37. The molecule has 0 amide bonds. The number of rotatable bonds is 7. The Bertz CT molecular complexity index is 1080. The molecule has 1 atom stereocenters. The average molecular weight is 547 g/mol. The normalized spacial score (nSPS) is 21.5. The Morgan fingerprint density at radius 1 is 1.34 bits per heavy atom. The summed E-state index contributed by atoms with van der Waals surface area (Å²) in [5, 5.41) is 24.4. The molecule has 192 valence electrons. The Kier molecular flexibility index (Phi) is 9.75. The molecule has 0 aromatic heterocycles. The highest BCUT2D eigenvalue weighted by atomic mass is 35.5. The molecule has 3 heterocycles. The van der Waals surface area contributed by atoms with Crippen LogP contribution in [-0.4, -0.2) is 74.0 Å². The average Bonchev–Trinajstić information content (AvgIpc) is 3.50. The van der Waals surface area contributed by atoms with Gasteiger partial charge in [0.2, 0.25) is 10.0 Å². The minimum absolute atomic E-state index is 0.0378. The number of nitrogens with zero attached hydrogens (tertiary/aromatic N) is 3. The Morgan fingerprint density at radius 2 is 2.09 bits per heavy atom. The highest BCUT2D eigenvalue weighted by Gasteiger charge is 2.46. The van der Waals surface area contributed by atoms with E-state index in [0.717, 1.165) is 19.7 Å². The van der Waals surface area contributed by atoms with Crippen molar-refractivity contribution < 1.29 is 27.9 Å². The number of carbonyl (C=O) groups is 1. The molecule has 0 bridgehead atoms. The van der Waals surface area contributed by atoms with Crippen LogP contribution in [-0.2, 0) is 24.4 Å². The monoisotopic (exact) mass is 546 g/mol. The van der Waals surface area contributed by atoms with E-state index in [1.165, 1.54) is 35.3 Å². The standard InChI is InChI=1S/C14H14Cl2N2O5S.C8H14N2O/c15-9-1-2-10(16)12(7-9)24(21,22)18-5-3-14(4-6-18)8-11(13(19)20)17-23-14;9-4-2-5-10-7-8-3-1-6-11-8/h1-2,7H,3-6,8H2,(H,19,20);8,10H,1-3,5-7H2. The van der Waals surface area contributed by atoms with Gasteiger partial charge in [-0.05, 0) is 31.0 Å². The maximum atomic E-state index is 12.8. The summed E-state index contributed by atoms with van der Waals surface area (Å²) < 4.78 is 32.2. The number of sulfonamides is 1. The number of piperidine rings is 1. The number of halogens is 2. The van der Waals surface area contributed by atoms with Crippen LogP contribution in [0.15, 0.2) is 28.3 Å². The van der Waals surface area contributed by atoms with E-state index in [0.29, 0.717) is 25.4 Å². The quantitative estimate of drug-likeness (QED) is 0.497. The first-order valence-corrected chi connectivity index (χ1v) is 13.5. The number of nitrogens with one attached hydrogen (secondary N) is 1. The molecule has 1 spiro atoms. The van der Waals surface area contributed by atoms with Gasteiger partial charge >= 0.3 is 5.97 Å². The lowest BCUT2D eigenvalue weighted by atomic mass is 9.88. The van der Waals surface area contributed by atoms with E-state index in [2.05, 4.69) is 16.5 Å². The van der Waals surface area contributed by atoms with E-state index < -0.39 is 21.6 Å². The summed E-state index contributed by atoms with van der Waals surface area (Å²) in [5.41, 5.74) is -0.776. The molecule has 0 aliphatic carbocycles. The first-order valence-electron chi connectivity index (χ1n) is 11.3. The lowest BCUT2D eigenvalue weighted by molar-refractivity contribution is -0.129. The summed E-state index contributed by atoms with van der Waals surface area (Å²) in [7, 11) is -3.78. The van der Waals surface area contributed by atoms with Gasteiger partial charge in [-0.3, -0.25) is 0 Å². The van der Waals surface area contributed by atoms with Gasteiger partial charge in [0.05, 0.1) is 17.2 Å². The van der Waals surface area contributed by atoms with Crippen molar-refractivity contribution >= 4 is 44.9 Å². The summed E-state index contributed by atoms with van der Waals surface area (Å²) >= 11 is 11.9. The van der Waals surface area contributed by atoms with E-state index >= 15 is 0 Å². The van der Waals surface area contributed by atoms with Crippen molar-refractivity contribution in [3.8, 4) is 6.07 Å². The SMILES string of the molecule is N#CCCNCC1CCCO1.O=C(O)C1=NOC2(CCN(S(=O)(=O)c3cc(Cl)ccc3Cl)CC2)C1. The summed E-state index contributed by atoms with van der Waals surface area (Å²) in [6.45, 7) is 2.98. The molecule has 35 heavy (non-hydrogen) atoms. The lowest BCUT2D eigenvalue weighted by Gasteiger charge is -2.36. The lowest BCUT2D eigenvalue weighted by Crippen LogP contribution is -2.47. The third-order valence-electron chi connectivity index (χ3n) is 6.04. The van der Waals surface area contributed by atoms with Crippen LogP contribution in [0.4, 0.5) is 0 Å². The summed E-state index contributed by atoms with van der Waals surface area (Å²) in [5.74, 6) is -1.12. The van der Waals surface area contributed by atoms with Gasteiger partial charge in [0, 0.05) is 63.5 Å². The highest BCUT2D eigenvalue weighted by molar-refractivity contribution is 7.89. The predicted molar refractivity (Wildman–Crippen MR) is 130 cm³/mol. The van der Waals surface area contributed by atoms with Crippen LogP contribution >= 0.6 is 23.2 Å². The zero-order chi connectivity index (χ0) is 25.5. The van der Waals surface area contributed by atoms with Gasteiger partial charge in [-0.15, -0.1) is 0 Å². The number of carboxylic acids is 1. The number of carboxylic acid groups (broad SMARTS) is 1. The number of hydrogen-bond donors (Lipinski definition) is 2.